The summed E-state index contributed by atoms with van der Waals surface area (Å²) in [6, 6.07) is 3.20. The summed E-state index contributed by atoms with van der Waals surface area (Å²) in [7, 11) is 0. The highest BCUT2D eigenvalue weighted by Crippen LogP contribution is 2.49. The predicted molar refractivity (Wildman–Crippen MR) is 101 cm³/mol. The minimum atomic E-state index is -4.81. The molecule has 0 saturated carbocycles. The van der Waals surface area contributed by atoms with Gasteiger partial charge in [-0.2, -0.15) is 18.4 Å². The second-order valence-corrected chi connectivity index (χ2v) is 8.57. The Hall–Kier alpha value is -3.42. The molecule has 31 heavy (non-hydrogen) atoms. The molecule has 1 amide bonds. The second-order valence-electron chi connectivity index (χ2n) is 8.57. The van der Waals surface area contributed by atoms with E-state index in [1.54, 1.807) is 20.8 Å². The Morgan fingerprint density at radius 3 is 2.55 bits per heavy atom. The molecule has 2 atom stereocenters. The average Bonchev–Trinajstić information content (AvgIpc) is 3.31. The molecule has 2 aliphatic rings. The fourth-order valence-corrected chi connectivity index (χ4v) is 4.20. The molecule has 2 aliphatic heterocycles. The van der Waals surface area contributed by atoms with Crippen LogP contribution in [0.3, 0.4) is 0 Å². The molecule has 0 radical (unpaired) electrons. The Morgan fingerprint density at radius 1 is 1.29 bits per heavy atom. The van der Waals surface area contributed by atoms with Crippen LogP contribution in [0.4, 0.5) is 18.0 Å². The normalized spacial score (nSPS) is 20.0. The van der Waals surface area contributed by atoms with Crippen molar-refractivity contribution in [2.75, 3.05) is 6.54 Å². The number of fused-ring (bicyclic) bond motifs is 5. The first-order valence-corrected chi connectivity index (χ1v) is 9.51. The van der Waals surface area contributed by atoms with E-state index in [4.69, 9.17) is 10.00 Å². The summed E-state index contributed by atoms with van der Waals surface area (Å²) in [6.07, 6.45) is -5.00. The standard InChI is InChI=1S/C20H19F3N4O4/c1-19(2,3)31-18(30)25-9-12-7-14(25)15-16(28)27(17(29)26(12)15)11-5-4-10(8-24)13(6-11)20(21,22)23/h4-6,12,14,28H,7,9H2,1-3H3/t12-,14-/m1/s1. The maximum Gasteiger partial charge on any atom is 0.417 e. The summed E-state index contributed by atoms with van der Waals surface area (Å²) in [5.41, 5.74) is -3.30. The van der Waals surface area contributed by atoms with Gasteiger partial charge in [-0.1, -0.05) is 0 Å². The third-order valence-electron chi connectivity index (χ3n) is 5.37. The molecule has 1 fully saturated rings. The monoisotopic (exact) mass is 436 g/mol. The molecule has 1 aromatic heterocycles. The van der Waals surface area contributed by atoms with Crippen molar-refractivity contribution >= 4 is 6.09 Å². The maximum absolute atomic E-state index is 13.3. The number of nitrogens with zero attached hydrogens (tertiary/aromatic N) is 4. The van der Waals surface area contributed by atoms with Crippen LogP contribution in [0.5, 0.6) is 5.88 Å². The molecule has 11 heteroatoms. The van der Waals surface area contributed by atoms with Gasteiger partial charge in [-0.15, -0.1) is 0 Å². The van der Waals surface area contributed by atoms with Crippen molar-refractivity contribution < 1.29 is 27.8 Å². The van der Waals surface area contributed by atoms with E-state index in [2.05, 4.69) is 0 Å². The molecule has 0 spiro atoms. The van der Waals surface area contributed by atoms with Gasteiger partial charge in [0.2, 0.25) is 5.88 Å². The Labute approximate surface area is 174 Å². The van der Waals surface area contributed by atoms with E-state index in [1.807, 2.05) is 0 Å². The fourth-order valence-electron chi connectivity index (χ4n) is 4.20. The number of halogens is 3. The molecule has 1 saturated heterocycles. The largest absolute Gasteiger partial charge is 0.493 e. The number of likely N-dealkylation sites (tertiary alicyclic amines) is 1. The molecule has 164 valence electrons. The molecule has 1 N–H and O–H groups in total. The molecular formula is C20H19F3N4O4. The number of hydrogen-bond acceptors (Lipinski definition) is 5. The lowest BCUT2D eigenvalue weighted by Crippen LogP contribution is -2.40. The smallest absolute Gasteiger partial charge is 0.417 e. The van der Waals surface area contributed by atoms with Gasteiger partial charge >= 0.3 is 18.0 Å². The van der Waals surface area contributed by atoms with Gasteiger partial charge in [0.25, 0.3) is 0 Å². The molecule has 0 aliphatic carbocycles. The number of alkyl halides is 3. The number of rotatable bonds is 1. The van der Waals surface area contributed by atoms with Gasteiger partial charge in [0.05, 0.1) is 35.0 Å². The number of benzene rings is 1. The zero-order valence-electron chi connectivity index (χ0n) is 16.9. The first kappa shape index (κ1) is 20.8. The van der Waals surface area contributed by atoms with Crippen LogP contribution >= 0.6 is 0 Å². The average molecular weight is 436 g/mol. The van der Waals surface area contributed by atoms with E-state index >= 15 is 0 Å². The highest BCUT2D eigenvalue weighted by Gasteiger charge is 2.50. The summed E-state index contributed by atoms with van der Waals surface area (Å²) in [5, 5.41) is 19.7. The van der Waals surface area contributed by atoms with E-state index < -0.39 is 52.7 Å². The van der Waals surface area contributed by atoms with E-state index in [9.17, 15) is 27.9 Å². The van der Waals surface area contributed by atoms with Crippen LogP contribution in [0.1, 0.15) is 56.1 Å². The lowest BCUT2D eigenvalue weighted by molar-refractivity contribution is -0.137. The van der Waals surface area contributed by atoms with Crippen molar-refractivity contribution in [3.8, 4) is 17.6 Å². The Bertz CT molecular complexity index is 1180. The molecule has 1 aromatic carbocycles. The molecule has 3 heterocycles. The van der Waals surface area contributed by atoms with Crippen molar-refractivity contribution in [3.05, 3.63) is 45.5 Å². The third-order valence-corrected chi connectivity index (χ3v) is 5.37. The quantitative estimate of drug-likeness (QED) is 0.738. The van der Waals surface area contributed by atoms with Crippen molar-refractivity contribution in [1.29, 1.82) is 5.26 Å². The van der Waals surface area contributed by atoms with Crippen LogP contribution in [0.25, 0.3) is 5.69 Å². The number of amides is 1. The number of aromatic nitrogens is 2. The summed E-state index contributed by atoms with van der Waals surface area (Å²) in [5.74, 6) is -0.538. The van der Waals surface area contributed by atoms with Crippen LogP contribution < -0.4 is 5.69 Å². The molecule has 2 aromatic rings. The Balaban J connectivity index is 1.78. The second kappa shape index (κ2) is 6.54. The van der Waals surface area contributed by atoms with Crippen LogP contribution in [-0.2, 0) is 10.9 Å². The Morgan fingerprint density at radius 2 is 1.97 bits per heavy atom. The van der Waals surface area contributed by atoms with Gasteiger partial charge in [-0.25, -0.2) is 14.2 Å². The summed E-state index contributed by atoms with van der Waals surface area (Å²) < 4.78 is 47.5. The number of imidazole rings is 1. The van der Waals surface area contributed by atoms with E-state index in [0.29, 0.717) is 12.5 Å². The first-order chi connectivity index (χ1) is 14.3. The number of carbonyl (C=O) groups excluding carboxylic acids is 1. The van der Waals surface area contributed by atoms with Crippen molar-refractivity contribution in [2.24, 2.45) is 0 Å². The van der Waals surface area contributed by atoms with Gasteiger partial charge in [0, 0.05) is 6.54 Å². The van der Waals surface area contributed by atoms with Crippen LogP contribution in [0.15, 0.2) is 23.0 Å². The van der Waals surface area contributed by atoms with Gasteiger partial charge in [-0.3, -0.25) is 9.47 Å². The van der Waals surface area contributed by atoms with Gasteiger partial charge in [0.15, 0.2) is 0 Å². The van der Waals surface area contributed by atoms with Crippen LogP contribution in [-0.4, -0.2) is 37.4 Å². The number of carbonyl (C=O) groups is 1. The fraction of sp³-hybridized carbons (Fsp3) is 0.450. The van der Waals surface area contributed by atoms with Crippen LogP contribution in [0, 0.1) is 11.3 Å². The lowest BCUT2D eigenvalue weighted by Gasteiger charge is -2.30. The minimum absolute atomic E-state index is 0.157. The third kappa shape index (κ3) is 3.22. The van der Waals surface area contributed by atoms with E-state index in [1.165, 1.54) is 15.5 Å². The summed E-state index contributed by atoms with van der Waals surface area (Å²) >= 11 is 0. The molecule has 2 bridgehead atoms. The van der Waals surface area contributed by atoms with Gasteiger partial charge in [0.1, 0.15) is 11.3 Å². The number of nitriles is 1. The predicted octanol–water partition coefficient (Wildman–Crippen LogP) is 3.47. The Kier molecular flexibility index (Phi) is 4.39. The number of ether oxygens (including phenoxy) is 1. The lowest BCUT2D eigenvalue weighted by atomic mass is 10.1. The topological polar surface area (TPSA) is 100 Å². The first-order valence-electron chi connectivity index (χ1n) is 9.51. The number of aromatic hydroxyl groups is 1. The van der Waals surface area contributed by atoms with E-state index in [-0.39, 0.29) is 17.9 Å². The van der Waals surface area contributed by atoms with E-state index in [0.717, 1.165) is 16.7 Å². The highest BCUT2D eigenvalue weighted by molar-refractivity contribution is 5.70. The number of hydrogen-bond donors (Lipinski definition) is 1. The summed E-state index contributed by atoms with van der Waals surface area (Å²) in [6.45, 7) is 5.34. The zero-order chi connectivity index (χ0) is 22.9. The van der Waals surface area contributed by atoms with Crippen molar-refractivity contribution in [1.82, 2.24) is 14.0 Å². The molecule has 4 rings (SSSR count). The van der Waals surface area contributed by atoms with Gasteiger partial charge in [-0.05, 0) is 45.4 Å². The summed E-state index contributed by atoms with van der Waals surface area (Å²) in [4.78, 5) is 26.9. The van der Waals surface area contributed by atoms with Crippen molar-refractivity contribution in [2.45, 2.75) is 51.1 Å². The van der Waals surface area contributed by atoms with Crippen LogP contribution in [0.2, 0.25) is 0 Å². The molecule has 8 nitrogen and oxygen atoms in total. The van der Waals surface area contributed by atoms with Gasteiger partial charge < -0.3 is 9.84 Å². The maximum atomic E-state index is 13.3. The zero-order valence-corrected chi connectivity index (χ0v) is 16.9. The SMILES string of the molecule is CC(C)(C)OC(=O)N1C[C@H]2C[C@@H]1c1c(O)n(-c3ccc(C#N)c(C(F)(F)F)c3)c(=O)n12. The van der Waals surface area contributed by atoms with Crippen molar-refractivity contribution in [3.63, 3.8) is 0 Å². The molecular weight excluding hydrogens is 417 g/mol. The molecule has 0 unspecified atom stereocenters. The minimum Gasteiger partial charge on any atom is -0.493 e. The highest BCUT2D eigenvalue weighted by atomic mass is 19.4.